The number of hydrogen-bond acceptors (Lipinski definition) is 7. The second-order valence-corrected chi connectivity index (χ2v) is 12.0. The maximum atomic E-state index is 13.0. The van der Waals surface area contributed by atoms with Gasteiger partial charge in [-0.1, -0.05) is 31.4 Å². The van der Waals surface area contributed by atoms with E-state index in [1.165, 1.54) is 20.3 Å². The number of rotatable bonds is 5. The first-order valence-corrected chi connectivity index (χ1v) is 14.5. The molecule has 2 aromatic rings. The highest BCUT2D eigenvalue weighted by Crippen LogP contribution is 2.39. The summed E-state index contributed by atoms with van der Waals surface area (Å²) in [6, 6.07) is 10.3. The Bertz CT molecular complexity index is 1210. The number of amidine groups is 1. The van der Waals surface area contributed by atoms with Crippen molar-refractivity contribution in [3.63, 3.8) is 0 Å². The van der Waals surface area contributed by atoms with Gasteiger partial charge in [0.25, 0.3) is 5.91 Å². The lowest BCUT2D eigenvalue weighted by Crippen LogP contribution is -2.49. The van der Waals surface area contributed by atoms with Gasteiger partial charge >= 0.3 is 6.03 Å². The first kappa shape index (κ1) is 24.4. The van der Waals surface area contributed by atoms with Crippen LogP contribution in [0.15, 0.2) is 35.3 Å². The number of thiophene rings is 1. The van der Waals surface area contributed by atoms with Gasteiger partial charge < -0.3 is 15.5 Å². The summed E-state index contributed by atoms with van der Waals surface area (Å²) < 4.78 is 0. The number of imide groups is 1. The van der Waals surface area contributed by atoms with Crippen LogP contribution in [-0.4, -0.2) is 77.3 Å². The molecular formula is C28H36N6O2S. The summed E-state index contributed by atoms with van der Waals surface area (Å²) in [5.74, 6) is 1.07. The summed E-state index contributed by atoms with van der Waals surface area (Å²) in [6.45, 7) is 7.50. The zero-order valence-corrected chi connectivity index (χ0v) is 22.4. The quantitative estimate of drug-likeness (QED) is 0.436. The number of nitrogens with zero attached hydrogens (tertiary/aromatic N) is 4. The van der Waals surface area contributed by atoms with E-state index < -0.39 is 5.54 Å². The number of fused-ring (bicyclic) bond motifs is 2. The molecule has 9 heteroatoms. The van der Waals surface area contributed by atoms with Gasteiger partial charge in [-0.2, -0.15) is 0 Å². The lowest BCUT2D eigenvalue weighted by molar-refractivity contribution is -0.132. The zero-order valence-electron chi connectivity index (χ0n) is 21.6. The van der Waals surface area contributed by atoms with Gasteiger partial charge in [-0.15, -0.1) is 11.3 Å². The summed E-state index contributed by atoms with van der Waals surface area (Å²) in [5, 5.41) is 7.78. The van der Waals surface area contributed by atoms with E-state index in [1.807, 2.05) is 12.1 Å². The molecule has 1 spiro atoms. The predicted octanol–water partition coefficient (Wildman–Crippen LogP) is 4.84. The Kier molecular flexibility index (Phi) is 6.67. The molecule has 0 atom stereocenters. The molecule has 4 heterocycles. The second-order valence-electron chi connectivity index (χ2n) is 10.7. The molecule has 3 aliphatic heterocycles. The van der Waals surface area contributed by atoms with Crippen molar-refractivity contribution < 1.29 is 9.59 Å². The maximum absolute atomic E-state index is 13.0. The molecule has 37 heavy (non-hydrogen) atoms. The zero-order chi connectivity index (χ0) is 25.4. The van der Waals surface area contributed by atoms with Crippen molar-refractivity contribution in [3.05, 3.63) is 40.8 Å². The van der Waals surface area contributed by atoms with Crippen LogP contribution in [0, 0.1) is 6.92 Å². The number of carbonyl (C=O) groups excluding carboxylic acids is 2. The number of nitrogens with one attached hydrogen (secondary N) is 2. The minimum atomic E-state index is -0.608. The molecule has 0 unspecified atom stereocenters. The van der Waals surface area contributed by atoms with Gasteiger partial charge in [0.1, 0.15) is 16.4 Å². The van der Waals surface area contributed by atoms with E-state index in [1.54, 1.807) is 11.3 Å². The van der Waals surface area contributed by atoms with Crippen molar-refractivity contribution in [1.82, 2.24) is 20.0 Å². The average Bonchev–Trinajstić information content (AvgIpc) is 3.32. The second kappa shape index (κ2) is 10.1. The Morgan fingerprint density at radius 2 is 1.76 bits per heavy atom. The van der Waals surface area contributed by atoms with Gasteiger partial charge in [-0.25, -0.2) is 9.79 Å². The minimum Gasteiger partial charge on any atom is -0.353 e. The molecule has 6 rings (SSSR count). The molecular weight excluding hydrogens is 484 g/mol. The fraction of sp³-hybridized carbons (Fsp3) is 0.536. The Labute approximate surface area is 222 Å². The van der Waals surface area contributed by atoms with E-state index >= 15 is 0 Å². The van der Waals surface area contributed by atoms with Crippen molar-refractivity contribution in [1.29, 1.82) is 0 Å². The molecule has 1 aliphatic carbocycles. The molecule has 1 saturated carbocycles. The van der Waals surface area contributed by atoms with Gasteiger partial charge in [-0.3, -0.25) is 14.6 Å². The van der Waals surface area contributed by atoms with Gasteiger partial charge in [0.15, 0.2) is 0 Å². The topological polar surface area (TPSA) is 80.3 Å². The highest BCUT2D eigenvalue weighted by Gasteiger charge is 2.50. The van der Waals surface area contributed by atoms with E-state index in [4.69, 9.17) is 4.99 Å². The van der Waals surface area contributed by atoms with Crippen LogP contribution in [0.3, 0.4) is 0 Å². The number of piperazine rings is 1. The van der Waals surface area contributed by atoms with E-state index in [2.05, 4.69) is 45.6 Å². The maximum Gasteiger partial charge on any atom is 0.325 e. The normalized spacial score (nSPS) is 21.3. The number of benzene rings is 1. The third-order valence-electron chi connectivity index (χ3n) is 8.21. The molecule has 0 bridgehead atoms. The number of carbonyl (C=O) groups is 2. The molecule has 3 amide bonds. The highest BCUT2D eigenvalue weighted by atomic mass is 32.1. The van der Waals surface area contributed by atoms with Crippen LogP contribution < -0.4 is 10.6 Å². The fourth-order valence-corrected chi connectivity index (χ4v) is 7.07. The van der Waals surface area contributed by atoms with Crippen molar-refractivity contribution in [3.8, 4) is 0 Å². The smallest absolute Gasteiger partial charge is 0.325 e. The molecule has 0 radical (unpaired) electrons. The summed E-state index contributed by atoms with van der Waals surface area (Å²) in [6.07, 6.45) is 6.61. The first-order chi connectivity index (χ1) is 18.0. The fourth-order valence-electron chi connectivity index (χ4n) is 6.15. The van der Waals surface area contributed by atoms with E-state index in [-0.39, 0.29) is 11.9 Å². The lowest BCUT2D eigenvalue weighted by atomic mass is 9.82. The van der Waals surface area contributed by atoms with Crippen LogP contribution in [0.4, 0.5) is 21.2 Å². The Morgan fingerprint density at radius 3 is 2.57 bits per heavy atom. The molecule has 2 N–H and O–H groups in total. The van der Waals surface area contributed by atoms with Crippen LogP contribution in [-0.2, 0) is 4.79 Å². The molecule has 3 fully saturated rings. The Balaban J connectivity index is 1.02. The molecule has 196 valence electrons. The Hall–Kier alpha value is -2.91. The number of aliphatic imine (C=N–C) groups is 1. The van der Waals surface area contributed by atoms with Gasteiger partial charge in [0.2, 0.25) is 0 Å². The SMILES string of the molecule is Cc1cc2c(s1)Nc1ccccc1N=C2N1CCN(CCCCN2C(=O)NC3(CCCCC3)C2=O)CC1. The molecule has 1 aromatic heterocycles. The standard InChI is InChI=1S/C28H36N6O2S/c1-20-19-21-24(29-22-9-3-4-10-23(22)30-25(21)37-20)33-17-15-32(16-18-33)13-7-8-14-34-26(35)28(31-27(34)36)11-5-2-6-12-28/h3-4,9-10,19,30H,2,5-8,11-18H2,1H3,(H,31,36). The van der Waals surface area contributed by atoms with Crippen LogP contribution in [0.2, 0.25) is 0 Å². The average molecular weight is 521 g/mol. The van der Waals surface area contributed by atoms with Crippen LogP contribution in [0.5, 0.6) is 0 Å². The van der Waals surface area contributed by atoms with Crippen molar-refractivity contribution in [2.75, 3.05) is 44.6 Å². The number of amides is 3. The molecule has 8 nitrogen and oxygen atoms in total. The number of hydrogen-bond donors (Lipinski definition) is 2. The predicted molar refractivity (Wildman–Crippen MR) is 148 cm³/mol. The van der Waals surface area contributed by atoms with Gasteiger partial charge in [0.05, 0.1) is 16.9 Å². The third kappa shape index (κ3) is 4.75. The number of anilines is 2. The largest absolute Gasteiger partial charge is 0.353 e. The molecule has 2 saturated heterocycles. The third-order valence-corrected chi connectivity index (χ3v) is 9.17. The summed E-state index contributed by atoms with van der Waals surface area (Å²) in [5.41, 5.74) is 2.62. The van der Waals surface area contributed by atoms with E-state index in [0.717, 1.165) is 94.9 Å². The Morgan fingerprint density at radius 1 is 1.00 bits per heavy atom. The number of para-hydroxylation sites is 2. The van der Waals surface area contributed by atoms with Crippen molar-refractivity contribution in [2.45, 2.75) is 57.4 Å². The number of unbranched alkanes of at least 4 members (excludes halogenated alkanes) is 1. The summed E-state index contributed by atoms with van der Waals surface area (Å²) in [4.78, 5) is 38.2. The molecule has 1 aromatic carbocycles. The highest BCUT2D eigenvalue weighted by molar-refractivity contribution is 7.16. The van der Waals surface area contributed by atoms with E-state index in [0.29, 0.717) is 6.54 Å². The van der Waals surface area contributed by atoms with E-state index in [9.17, 15) is 9.59 Å². The number of aryl methyl sites for hydroxylation is 1. The first-order valence-electron chi connectivity index (χ1n) is 13.7. The van der Waals surface area contributed by atoms with Crippen molar-refractivity contribution in [2.24, 2.45) is 4.99 Å². The van der Waals surface area contributed by atoms with Crippen molar-refractivity contribution >= 4 is 45.5 Å². The van der Waals surface area contributed by atoms with Crippen LogP contribution in [0.25, 0.3) is 0 Å². The van der Waals surface area contributed by atoms with Gasteiger partial charge in [0, 0.05) is 37.6 Å². The summed E-state index contributed by atoms with van der Waals surface area (Å²) >= 11 is 1.78. The minimum absolute atomic E-state index is 0.00842. The lowest BCUT2D eigenvalue weighted by Gasteiger charge is -2.36. The van der Waals surface area contributed by atoms with Crippen LogP contribution in [0.1, 0.15) is 55.4 Å². The molecule has 4 aliphatic rings. The summed E-state index contributed by atoms with van der Waals surface area (Å²) in [7, 11) is 0. The van der Waals surface area contributed by atoms with Gasteiger partial charge in [-0.05, 0) is 57.4 Å². The van der Waals surface area contributed by atoms with Crippen LogP contribution >= 0.6 is 11.3 Å². The number of urea groups is 1. The monoisotopic (exact) mass is 520 g/mol.